The lowest BCUT2D eigenvalue weighted by Crippen LogP contribution is -2.51. The van der Waals surface area contributed by atoms with Gasteiger partial charge in [-0.1, -0.05) is 41.5 Å². The molecule has 0 spiro atoms. The highest BCUT2D eigenvalue weighted by atomic mass is 16.5. The molecule has 1 rings (SSSR count). The van der Waals surface area contributed by atoms with E-state index in [1.807, 2.05) is 20.8 Å². The molecule has 1 heterocycles. The molecule has 0 saturated heterocycles. The second-order valence-electron chi connectivity index (χ2n) is 7.13. The summed E-state index contributed by atoms with van der Waals surface area (Å²) in [6.07, 6.45) is 0.590. The van der Waals surface area contributed by atoms with Gasteiger partial charge in [0.2, 0.25) is 0 Å². The summed E-state index contributed by atoms with van der Waals surface area (Å²) >= 11 is 0. The number of ether oxygens (including phenoxy) is 1. The van der Waals surface area contributed by atoms with E-state index in [1.165, 1.54) is 7.11 Å². The topological polar surface area (TPSA) is 80.8 Å². The standard InChI is InChI=1S/C13H24N4O2/c1-11(2,3)8-13(10(18)19-7,12(4,5)6)9-14-16-17-15-9/h8H2,1-7H3,(H,14,15,16,17). The van der Waals surface area contributed by atoms with Crippen molar-refractivity contribution in [1.29, 1.82) is 0 Å². The minimum Gasteiger partial charge on any atom is -0.468 e. The fourth-order valence-electron chi connectivity index (χ4n) is 2.49. The second-order valence-corrected chi connectivity index (χ2v) is 7.13. The van der Waals surface area contributed by atoms with E-state index in [-0.39, 0.29) is 16.8 Å². The van der Waals surface area contributed by atoms with Gasteiger partial charge in [0.15, 0.2) is 5.82 Å². The summed E-state index contributed by atoms with van der Waals surface area (Å²) in [5.74, 6) is 0.148. The van der Waals surface area contributed by atoms with Crippen LogP contribution in [0.25, 0.3) is 0 Å². The molecule has 6 heteroatoms. The lowest BCUT2D eigenvalue weighted by Gasteiger charge is -2.43. The molecule has 0 saturated carbocycles. The number of tetrazole rings is 1. The number of nitrogens with one attached hydrogen (secondary N) is 1. The third kappa shape index (κ3) is 2.93. The molecule has 1 aromatic heterocycles. The van der Waals surface area contributed by atoms with Crippen molar-refractivity contribution in [3.8, 4) is 0 Å². The highest BCUT2D eigenvalue weighted by Gasteiger charge is 2.55. The first-order chi connectivity index (χ1) is 8.54. The van der Waals surface area contributed by atoms with Crippen molar-refractivity contribution in [2.45, 2.75) is 53.4 Å². The Hall–Kier alpha value is -1.46. The first kappa shape index (κ1) is 15.6. The average Bonchev–Trinajstić information content (AvgIpc) is 2.75. The van der Waals surface area contributed by atoms with Crippen molar-refractivity contribution >= 4 is 5.97 Å². The Bertz CT molecular complexity index is 428. The molecule has 0 bridgehead atoms. The molecular formula is C13H24N4O2. The van der Waals surface area contributed by atoms with Gasteiger partial charge in [-0.2, -0.15) is 0 Å². The molecule has 1 unspecified atom stereocenters. The molecule has 108 valence electrons. The zero-order valence-corrected chi connectivity index (χ0v) is 12.9. The number of H-pyrrole nitrogens is 1. The number of aromatic nitrogens is 4. The number of hydrogen-bond acceptors (Lipinski definition) is 5. The average molecular weight is 268 g/mol. The van der Waals surface area contributed by atoms with Crippen LogP contribution in [0, 0.1) is 10.8 Å². The summed E-state index contributed by atoms with van der Waals surface area (Å²) < 4.78 is 5.06. The summed E-state index contributed by atoms with van der Waals surface area (Å²) in [7, 11) is 1.40. The Balaban J connectivity index is 3.48. The highest BCUT2D eigenvalue weighted by Crippen LogP contribution is 2.48. The van der Waals surface area contributed by atoms with Crippen molar-refractivity contribution in [3.63, 3.8) is 0 Å². The van der Waals surface area contributed by atoms with E-state index in [0.717, 1.165) is 0 Å². The second kappa shape index (κ2) is 4.90. The highest BCUT2D eigenvalue weighted by molar-refractivity contribution is 5.83. The van der Waals surface area contributed by atoms with Gasteiger partial charge in [0.25, 0.3) is 0 Å². The molecule has 1 N–H and O–H groups in total. The van der Waals surface area contributed by atoms with Gasteiger partial charge in [-0.05, 0) is 27.7 Å². The van der Waals surface area contributed by atoms with Crippen LogP contribution < -0.4 is 0 Å². The largest absolute Gasteiger partial charge is 0.468 e. The maximum atomic E-state index is 12.5. The molecule has 0 aromatic carbocycles. The third-order valence-electron chi connectivity index (χ3n) is 3.36. The van der Waals surface area contributed by atoms with Gasteiger partial charge in [-0.25, -0.2) is 5.10 Å². The van der Waals surface area contributed by atoms with Gasteiger partial charge in [0.05, 0.1) is 7.11 Å². The van der Waals surface area contributed by atoms with Crippen molar-refractivity contribution in [3.05, 3.63) is 5.82 Å². The Kier molecular flexibility index (Phi) is 4.03. The molecule has 1 atom stereocenters. The van der Waals surface area contributed by atoms with Crippen LogP contribution >= 0.6 is 0 Å². The molecule has 19 heavy (non-hydrogen) atoms. The Morgan fingerprint density at radius 2 is 1.79 bits per heavy atom. The van der Waals surface area contributed by atoms with Crippen LogP contribution in [-0.2, 0) is 14.9 Å². The molecule has 0 aliphatic rings. The first-order valence-corrected chi connectivity index (χ1v) is 6.37. The zero-order valence-electron chi connectivity index (χ0n) is 12.9. The van der Waals surface area contributed by atoms with E-state index in [1.54, 1.807) is 0 Å². The van der Waals surface area contributed by atoms with Gasteiger partial charge < -0.3 is 4.74 Å². The van der Waals surface area contributed by atoms with E-state index in [9.17, 15) is 4.79 Å². The van der Waals surface area contributed by atoms with Crippen LogP contribution in [0.1, 0.15) is 53.8 Å². The maximum Gasteiger partial charge on any atom is 0.320 e. The number of methoxy groups -OCH3 is 1. The number of esters is 1. The SMILES string of the molecule is COC(=O)C(CC(C)(C)C)(c1nnn[nH]1)C(C)(C)C. The molecule has 1 aromatic rings. The smallest absolute Gasteiger partial charge is 0.320 e. The Labute approximate surface area is 114 Å². The third-order valence-corrected chi connectivity index (χ3v) is 3.36. The summed E-state index contributed by atoms with van der Waals surface area (Å²) in [6, 6.07) is 0. The van der Waals surface area contributed by atoms with Crippen molar-refractivity contribution in [2.24, 2.45) is 10.8 Å². The summed E-state index contributed by atoms with van der Waals surface area (Å²) in [4.78, 5) is 12.5. The van der Waals surface area contributed by atoms with Gasteiger partial charge in [0, 0.05) is 0 Å². The molecular weight excluding hydrogens is 244 g/mol. The molecule has 0 fully saturated rings. The number of nitrogens with zero attached hydrogens (tertiary/aromatic N) is 3. The lowest BCUT2D eigenvalue weighted by atomic mass is 9.59. The summed E-state index contributed by atoms with van der Waals surface area (Å²) in [5.41, 5.74) is -1.35. The Morgan fingerprint density at radius 1 is 1.21 bits per heavy atom. The minimum absolute atomic E-state index is 0.0751. The van der Waals surface area contributed by atoms with Crippen LogP contribution in [0.5, 0.6) is 0 Å². The molecule has 0 amide bonds. The maximum absolute atomic E-state index is 12.5. The van der Waals surface area contributed by atoms with Crippen LogP contribution in [0.4, 0.5) is 0 Å². The number of hydrogen-bond donors (Lipinski definition) is 1. The quantitative estimate of drug-likeness (QED) is 0.849. The number of carbonyl (C=O) groups excluding carboxylic acids is 1. The summed E-state index contributed by atoms with van der Waals surface area (Å²) in [6.45, 7) is 12.2. The lowest BCUT2D eigenvalue weighted by molar-refractivity contribution is -0.155. The van der Waals surface area contributed by atoms with Crippen molar-refractivity contribution < 1.29 is 9.53 Å². The minimum atomic E-state index is -0.899. The van der Waals surface area contributed by atoms with Gasteiger partial charge in [-0.15, -0.1) is 5.10 Å². The molecule has 0 aliphatic heterocycles. The Morgan fingerprint density at radius 3 is 2.11 bits per heavy atom. The normalized spacial score (nSPS) is 15.9. The van der Waals surface area contributed by atoms with E-state index >= 15 is 0 Å². The predicted molar refractivity (Wildman–Crippen MR) is 71.4 cm³/mol. The van der Waals surface area contributed by atoms with E-state index < -0.39 is 5.41 Å². The van der Waals surface area contributed by atoms with Crippen LogP contribution in [0.15, 0.2) is 0 Å². The van der Waals surface area contributed by atoms with Crippen molar-refractivity contribution in [2.75, 3.05) is 7.11 Å². The summed E-state index contributed by atoms with van der Waals surface area (Å²) in [5, 5.41) is 14.0. The molecule has 0 radical (unpaired) electrons. The first-order valence-electron chi connectivity index (χ1n) is 6.37. The van der Waals surface area contributed by atoms with Gasteiger partial charge in [0.1, 0.15) is 5.41 Å². The van der Waals surface area contributed by atoms with E-state index in [0.29, 0.717) is 12.2 Å². The monoisotopic (exact) mass is 268 g/mol. The van der Waals surface area contributed by atoms with Gasteiger partial charge in [-0.3, -0.25) is 4.79 Å². The van der Waals surface area contributed by atoms with E-state index in [4.69, 9.17) is 4.74 Å². The predicted octanol–water partition coefficient (Wildman–Crippen LogP) is 2.09. The zero-order chi connectivity index (χ0) is 14.9. The molecule has 0 aliphatic carbocycles. The molecule has 6 nitrogen and oxygen atoms in total. The number of carbonyl (C=O) groups is 1. The van der Waals surface area contributed by atoms with Crippen LogP contribution in [0.3, 0.4) is 0 Å². The van der Waals surface area contributed by atoms with E-state index in [2.05, 4.69) is 41.4 Å². The van der Waals surface area contributed by atoms with Crippen molar-refractivity contribution in [1.82, 2.24) is 20.6 Å². The van der Waals surface area contributed by atoms with Gasteiger partial charge >= 0.3 is 5.97 Å². The fourth-order valence-corrected chi connectivity index (χ4v) is 2.49. The van der Waals surface area contributed by atoms with Crippen LogP contribution in [0.2, 0.25) is 0 Å². The number of rotatable bonds is 3. The fraction of sp³-hybridized carbons (Fsp3) is 0.846. The van der Waals surface area contributed by atoms with Crippen LogP contribution in [-0.4, -0.2) is 33.7 Å². The number of aromatic amines is 1.